The number of para-hydroxylation sites is 1. The topological polar surface area (TPSA) is 37.4 Å². The first kappa shape index (κ1) is 8.94. The van der Waals surface area contributed by atoms with Crippen LogP contribution in [-0.2, 0) is 16.0 Å². The minimum Gasteiger partial charge on any atom is -0.311 e. The number of anilines is 1. The minimum atomic E-state index is 0.0908. The number of carbonyl (C=O) groups excluding carboxylic acids is 2. The minimum absolute atomic E-state index is 0.0908. The van der Waals surface area contributed by atoms with Gasteiger partial charge in [0.1, 0.15) is 6.29 Å². The number of rotatable bonds is 3. The van der Waals surface area contributed by atoms with E-state index >= 15 is 0 Å². The van der Waals surface area contributed by atoms with Crippen molar-refractivity contribution in [1.29, 1.82) is 0 Å². The SMILES string of the molecule is O=CCCN1C(=O)Cc2ccccc21. The van der Waals surface area contributed by atoms with Gasteiger partial charge >= 0.3 is 0 Å². The molecule has 0 N–H and O–H groups in total. The Kier molecular flexibility index (Phi) is 2.31. The van der Waals surface area contributed by atoms with Crippen molar-refractivity contribution in [2.45, 2.75) is 12.8 Å². The molecule has 72 valence electrons. The molecule has 1 amide bonds. The summed E-state index contributed by atoms with van der Waals surface area (Å²) in [5, 5.41) is 0. The molecule has 1 aromatic carbocycles. The van der Waals surface area contributed by atoms with E-state index in [1.807, 2.05) is 24.3 Å². The molecule has 0 fully saturated rings. The third kappa shape index (κ3) is 1.41. The summed E-state index contributed by atoms with van der Waals surface area (Å²) < 4.78 is 0. The zero-order valence-electron chi connectivity index (χ0n) is 7.77. The fraction of sp³-hybridized carbons (Fsp3) is 0.273. The molecular weight excluding hydrogens is 178 g/mol. The van der Waals surface area contributed by atoms with Crippen molar-refractivity contribution in [1.82, 2.24) is 0 Å². The Morgan fingerprint density at radius 1 is 1.36 bits per heavy atom. The number of amides is 1. The summed E-state index contributed by atoms with van der Waals surface area (Å²) in [6.07, 6.45) is 1.71. The van der Waals surface area contributed by atoms with E-state index in [2.05, 4.69) is 0 Å². The van der Waals surface area contributed by atoms with Gasteiger partial charge in [0.05, 0.1) is 6.42 Å². The molecule has 1 aliphatic rings. The van der Waals surface area contributed by atoms with E-state index < -0.39 is 0 Å². The van der Waals surface area contributed by atoms with Crippen molar-refractivity contribution in [2.24, 2.45) is 0 Å². The molecule has 0 saturated carbocycles. The van der Waals surface area contributed by atoms with Gasteiger partial charge in [0.15, 0.2) is 0 Å². The second-order valence-corrected chi connectivity index (χ2v) is 3.31. The molecule has 0 saturated heterocycles. The summed E-state index contributed by atoms with van der Waals surface area (Å²) in [5.74, 6) is 0.0908. The third-order valence-corrected chi connectivity index (χ3v) is 2.40. The Hall–Kier alpha value is -1.64. The van der Waals surface area contributed by atoms with Crippen molar-refractivity contribution in [3.8, 4) is 0 Å². The summed E-state index contributed by atoms with van der Waals surface area (Å²) in [4.78, 5) is 23.5. The molecule has 0 radical (unpaired) electrons. The van der Waals surface area contributed by atoms with Crippen LogP contribution < -0.4 is 4.90 Å². The maximum atomic E-state index is 11.5. The van der Waals surface area contributed by atoms with Crippen molar-refractivity contribution in [3.05, 3.63) is 29.8 Å². The van der Waals surface area contributed by atoms with Gasteiger partial charge in [-0.2, -0.15) is 0 Å². The zero-order chi connectivity index (χ0) is 9.97. The molecule has 1 aliphatic heterocycles. The van der Waals surface area contributed by atoms with Gasteiger partial charge in [-0.15, -0.1) is 0 Å². The maximum Gasteiger partial charge on any atom is 0.231 e. The van der Waals surface area contributed by atoms with Crippen LogP contribution in [0.2, 0.25) is 0 Å². The van der Waals surface area contributed by atoms with Gasteiger partial charge < -0.3 is 9.69 Å². The van der Waals surface area contributed by atoms with Gasteiger partial charge in [0, 0.05) is 18.7 Å². The average molecular weight is 189 g/mol. The zero-order valence-corrected chi connectivity index (χ0v) is 7.77. The fourth-order valence-electron chi connectivity index (χ4n) is 1.74. The van der Waals surface area contributed by atoms with E-state index in [1.54, 1.807) is 4.90 Å². The van der Waals surface area contributed by atoms with E-state index in [9.17, 15) is 9.59 Å². The number of carbonyl (C=O) groups is 2. The van der Waals surface area contributed by atoms with Crippen LogP contribution in [0.25, 0.3) is 0 Å². The molecule has 0 aliphatic carbocycles. The highest BCUT2D eigenvalue weighted by atomic mass is 16.2. The molecule has 0 aromatic heterocycles. The molecule has 1 aromatic rings. The molecule has 2 rings (SSSR count). The van der Waals surface area contributed by atoms with Gasteiger partial charge in [-0.3, -0.25) is 4.79 Å². The summed E-state index contributed by atoms with van der Waals surface area (Å²) in [6, 6.07) is 7.71. The largest absolute Gasteiger partial charge is 0.311 e. The smallest absolute Gasteiger partial charge is 0.231 e. The van der Waals surface area contributed by atoms with Gasteiger partial charge in [-0.05, 0) is 11.6 Å². The highest BCUT2D eigenvalue weighted by Crippen LogP contribution is 2.27. The quantitative estimate of drug-likeness (QED) is 0.669. The molecule has 0 bridgehead atoms. The van der Waals surface area contributed by atoms with Crippen LogP contribution in [0.1, 0.15) is 12.0 Å². The molecule has 1 heterocycles. The molecule has 0 atom stereocenters. The Labute approximate surface area is 82.3 Å². The second kappa shape index (κ2) is 3.62. The van der Waals surface area contributed by atoms with E-state index in [1.165, 1.54) is 0 Å². The number of fused-ring (bicyclic) bond motifs is 1. The van der Waals surface area contributed by atoms with Gasteiger partial charge in [0.25, 0.3) is 0 Å². The number of benzene rings is 1. The van der Waals surface area contributed by atoms with Crippen LogP contribution in [0.4, 0.5) is 5.69 Å². The van der Waals surface area contributed by atoms with Crippen LogP contribution >= 0.6 is 0 Å². The standard InChI is InChI=1S/C11H11NO2/c13-7-3-6-12-10-5-2-1-4-9(10)8-11(12)14/h1-2,4-5,7H,3,6,8H2. The number of hydrogen-bond donors (Lipinski definition) is 0. The predicted molar refractivity (Wildman–Crippen MR) is 53.2 cm³/mol. The fourth-order valence-corrected chi connectivity index (χ4v) is 1.74. The van der Waals surface area contributed by atoms with E-state index in [0.29, 0.717) is 19.4 Å². The highest BCUT2D eigenvalue weighted by Gasteiger charge is 2.25. The number of aldehydes is 1. The van der Waals surface area contributed by atoms with E-state index in [-0.39, 0.29) is 5.91 Å². The molecule has 0 unspecified atom stereocenters. The first-order valence-corrected chi connectivity index (χ1v) is 4.65. The molecular formula is C11H11NO2. The molecule has 14 heavy (non-hydrogen) atoms. The lowest BCUT2D eigenvalue weighted by Crippen LogP contribution is -2.27. The van der Waals surface area contributed by atoms with E-state index in [4.69, 9.17) is 0 Å². The lowest BCUT2D eigenvalue weighted by atomic mass is 10.2. The number of nitrogens with zero attached hydrogens (tertiary/aromatic N) is 1. The van der Waals surface area contributed by atoms with Crippen LogP contribution in [0, 0.1) is 0 Å². The van der Waals surface area contributed by atoms with Crippen LogP contribution in [-0.4, -0.2) is 18.7 Å². The van der Waals surface area contributed by atoms with Crippen molar-refractivity contribution >= 4 is 17.9 Å². The molecule has 3 nitrogen and oxygen atoms in total. The first-order chi connectivity index (χ1) is 6.83. The summed E-state index contributed by atoms with van der Waals surface area (Å²) in [6.45, 7) is 0.499. The van der Waals surface area contributed by atoms with Crippen molar-refractivity contribution in [2.75, 3.05) is 11.4 Å². The van der Waals surface area contributed by atoms with Gasteiger partial charge in [0.2, 0.25) is 5.91 Å². The van der Waals surface area contributed by atoms with E-state index in [0.717, 1.165) is 17.5 Å². The van der Waals surface area contributed by atoms with Gasteiger partial charge in [-0.25, -0.2) is 0 Å². The lowest BCUT2D eigenvalue weighted by molar-refractivity contribution is -0.117. The van der Waals surface area contributed by atoms with Crippen LogP contribution in [0.3, 0.4) is 0 Å². The Morgan fingerprint density at radius 3 is 2.93 bits per heavy atom. The Morgan fingerprint density at radius 2 is 2.14 bits per heavy atom. The molecule has 0 spiro atoms. The van der Waals surface area contributed by atoms with Crippen LogP contribution in [0.5, 0.6) is 0 Å². The lowest BCUT2D eigenvalue weighted by Gasteiger charge is -2.15. The second-order valence-electron chi connectivity index (χ2n) is 3.31. The van der Waals surface area contributed by atoms with Gasteiger partial charge in [-0.1, -0.05) is 18.2 Å². The number of hydrogen-bond acceptors (Lipinski definition) is 2. The Bertz CT molecular complexity index is 373. The third-order valence-electron chi connectivity index (χ3n) is 2.40. The van der Waals surface area contributed by atoms with Crippen molar-refractivity contribution in [3.63, 3.8) is 0 Å². The summed E-state index contributed by atoms with van der Waals surface area (Å²) in [5.41, 5.74) is 2.02. The molecule has 3 heteroatoms. The first-order valence-electron chi connectivity index (χ1n) is 4.65. The average Bonchev–Trinajstić information content (AvgIpc) is 2.51. The predicted octanol–water partition coefficient (Wildman–Crippen LogP) is 1.16. The summed E-state index contributed by atoms with van der Waals surface area (Å²) in [7, 11) is 0. The highest BCUT2D eigenvalue weighted by molar-refractivity contribution is 6.01. The van der Waals surface area contributed by atoms with Crippen LogP contribution in [0.15, 0.2) is 24.3 Å². The monoisotopic (exact) mass is 189 g/mol. The Balaban J connectivity index is 2.25. The maximum absolute atomic E-state index is 11.5. The normalized spacial score (nSPS) is 14.3. The van der Waals surface area contributed by atoms with Crippen molar-refractivity contribution < 1.29 is 9.59 Å². The summed E-state index contributed by atoms with van der Waals surface area (Å²) >= 11 is 0.